The lowest BCUT2D eigenvalue weighted by Gasteiger charge is -2.13. The van der Waals surface area contributed by atoms with Crippen molar-refractivity contribution in [1.82, 2.24) is 14.9 Å². The maximum absolute atomic E-state index is 13.1. The molecule has 2 heterocycles. The molecule has 0 aliphatic rings. The smallest absolute Gasteiger partial charge is 0.268 e. The third-order valence-corrected chi connectivity index (χ3v) is 4.50. The number of hydrogen-bond donors (Lipinski definition) is 2. The number of nitriles is 1. The van der Waals surface area contributed by atoms with Crippen molar-refractivity contribution >= 4 is 16.9 Å². The molecule has 3 aromatic rings. The van der Waals surface area contributed by atoms with Crippen LogP contribution in [-0.4, -0.2) is 40.8 Å². The van der Waals surface area contributed by atoms with Gasteiger partial charge in [0.15, 0.2) is 5.75 Å². The van der Waals surface area contributed by atoms with Crippen LogP contribution < -0.4 is 10.9 Å². The van der Waals surface area contributed by atoms with E-state index in [1.807, 2.05) is 6.07 Å². The summed E-state index contributed by atoms with van der Waals surface area (Å²) < 4.78 is 19.1. The maximum atomic E-state index is 13.1. The Morgan fingerprint density at radius 3 is 2.73 bits per heavy atom. The third-order valence-electron chi connectivity index (χ3n) is 4.50. The van der Waals surface area contributed by atoms with Gasteiger partial charge in [0.05, 0.1) is 18.2 Å². The largest absolute Gasteiger partial charge is 0.505 e. The molecule has 0 aliphatic carbocycles. The molecule has 0 atom stereocenters. The summed E-state index contributed by atoms with van der Waals surface area (Å²) in [6.07, 6.45) is 1.91. The van der Waals surface area contributed by atoms with Gasteiger partial charge in [-0.25, -0.2) is 4.39 Å². The van der Waals surface area contributed by atoms with Crippen LogP contribution in [0, 0.1) is 17.1 Å². The number of carbonyl (C=O) groups is 1. The van der Waals surface area contributed by atoms with Gasteiger partial charge in [-0.15, -0.1) is 0 Å². The van der Waals surface area contributed by atoms with Crippen LogP contribution in [0.2, 0.25) is 0 Å². The van der Waals surface area contributed by atoms with Gasteiger partial charge in [0.25, 0.3) is 11.5 Å². The molecule has 0 aliphatic heterocycles. The molecule has 1 amide bonds. The second-order valence-electron chi connectivity index (χ2n) is 6.54. The molecule has 2 aromatic heterocycles. The van der Waals surface area contributed by atoms with E-state index in [0.29, 0.717) is 12.0 Å². The molecule has 0 fully saturated rings. The van der Waals surface area contributed by atoms with E-state index in [1.165, 1.54) is 25.4 Å². The molecule has 2 N–H and O–H groups in total. The minimum Gasteiger partial charge on any atom is -0.505 e. The van der Waals surface area contributed by atoms with Gasteiger partial charge in [-0.3, -0.25) is 19.1 Å². The number of nitrogens with zero attached hydrogens (tertiary/aromatic N) is 3. The highest BCUT2D eigenvalue weighted by Crippen LogP contribution is 2.26. The first kappa shape index (κ1) is 21.0. The summed E-state index contributed by atoms with van der Waals surface area (Å²) in [4.78, 5) is 29.5. The Morgan fingerprint density at radius 1 is 1.33 bits per heavy atom. The number of carbonyl (C=O) groups excluding carboxylic acids is 1. The quantitative estimate of drug-likeness (QED) is 0.573. The van der Waals surface area contributed by atoms with Crippen LogP contribution in [0.1, 0.15) is 21.5 Å². The number of rotatable bonds is 7. The summed E-state index contributed by atoms with van der Waals surface area (Å²) in [7, 11) is 1.47. The van der Waals surface area contributed by atoms with Crippen LogP contribution >= 0.6 is 0 Å². The monoisotopic (exact) mass is 410 g/mol. The molecule has 0 spiro atoms. The van der Waals surface area contributed by atoms with Gasteiger partial charge in [0.1, 0.15) is 23.4 Å². The Balaban J connectivity index is 2.08. The number of methoxy groups -OCH3 is 1. The molecule has 0 bridgehead atoms. The molecule has 0 saturated carbocycles. The first-order chi connectivity index (χ1) is 14.5. The maximum Gasteiger partial charge on any atom is 0.268 e. The first-order valence-electron chi connectivity index (χ1n) is 9.09. The van der Waals surface area contributed by atoms with Gasteiger partial charge in [-0.05, 0) is 35.7 Å². The second kappa shape index (κ2) is 9.15. The van der Waals surface area contributed by atoms with Crippen molar-refractivity contribution < 1.29 is 19.0 Å². The Labute approximate surface area is 171 Å². The molecule has 1 aromatic carbocycles. The van der Waals surface area contributed by atoms with Crippen LogP contribution in [-0.2, 0) is 17.7 Å². The third kappa shape index (κ3) is 4.29. The molecule has 0 radical (unpaired) electrons. The van der Waals surface area contributed by atoms with Crippen molar-refractivity contribution in [3.63, 3.8) is 0 Å². The average molecular weight is 410 g/mol. The predicted molar refractivity (Wildman–Crippen MR) is 107 cm³/mol. The van der Waals surface area contributed by atoms with Crippen LogP contribution in [0.3, 0.4) is 0 Å². The zero-order valence-electron chi connectivity index (χ0n) is 16.2. The number of benzene rings is 1. The Hall–Kier alpha value is -3.77. The topological polar surface area (TPSA) is 117 Å². The molecule has 30 heavy (non-hydrogen) atoms. The summed E-state index contributed by atoms with van der Waals surface area (Å²) in [5.74, 6) is -1.67. The number of nitrogens with one attached hydrogen (secondary N) is 1. The molecule has 3 rings (SSSR count). The molecular weight excluding hydrogens is 391 g/mol. The number of fused-ring (bicyclic) bond motifs is 1. The van der Waals surface area contributed by atoms with Crippen LogP contribution in [0.15, 0.2) is 41.3 Å². The van der Waals surface area contributed by atoms with Gasteiger partial charge in [0, 0.05) is 19.9 Å². The Bertz CT molecular complexity index is 1180. The van der Waals surface area contributed by atoms with Crippen LogP contribution in [0.4, 0.5) is 4.39 Å². The van der Waals surface area contributed by atoms with Crippen molar-refractivity contribution in [2.45, 2.75) is 13.0 Å². The van der Waals surface area contributed by atoms with Gasteiger partial charge < -0.3 is 15.2 Å². The standard InChI is InChI=1S/C21H19FN4O4/c1-30-9-7-24-20(28)17-19(27)18-16(26(8-6-23)21(17)29)11-14(12-25-18)10-13-2-4-15(22)5-3-13/h2-5,11-12,27H,7-10H2,1H3,(H,24,28). The zero-order valence-corrected chi connectivity index (χ0v) is 16.2. The summed E-state index contributed by atoms with van der Waals surface area (Å²) >= 11 is 0. The summed E-state index contributed by atoms with van der Waals surface area (Å²) in [5, 5.41) is 22.2. The van der Waals surface area contributed by atoms with Crippen molar-refractivity contribution in [3.05, 3.63) is 69.4 Å². The number of pyridine rings is 2. The van der Waals surface area contributed by atoms with Crippen LogP contribution in [0.25, 0.3) is 11.0 Å². The first-order valence-corrected chi connectivity index (χ1v) is 9.09. The van der Waals surface area contributed by atoms with Gasteiger partial charge in [-0.2, -0.15) is 5.26 Å². The minimum absolute atomic E-state index is 0.0320. The lowest BCUT2D eigenvalue weighted by molar-refractivity contribution is 0.0932. The van der Waals surface area contributed by atoms with E-state index >= 15 is 0 Å². The molecule has 8 nitrogen and oxygen atoms in total. The number of hydrogen-bond acceptors (Lipinski definition) is 6. The minimum atomic E-state index is -0.794. The number of ether oxygens (including phenoxy) is 1. The van der Waals surface area contributed by atoms with E-state index in [0.717, 1.165) is 10.1 Å². The van der Waals surface area contributed by atoms with E-state index in [1.54, 1.807) is 18.2 Å². The fourth-order valence-corrected chi connectivity index (χ4v) is 3.07. The number of aromatic nitrogens is 2. The fourth-order valence-electron chi connectivity index (χ4n) is 3.07. The van der Waals surface area contributed by atoms with E-state index in [9.17, 15) is 19.1 Å². The van der Waals surface area contributed by atoms with Gasteiger partial charge in [0.2, 0.25) is 0 Å². The SMILES string of the molecule is COCCNC(=O)c1c(O)c2ncc(Cc3ccc(F)cc3)cc2n(CC#N)c1=O. The number of halogens is 1. The molecule has 0 saturated heterocycles. The summed E-state index contributed by atoms with van der Waals surface area (Å²) in [5.41, 5.74) is 0.503. The lowest BCUT2D eigenvalue weighted by atomic mass is 10.1. The van der Waals surface area contributed by atoms with Crippen molar-refractivity contribution in [2.75, 3.05) is 20.3 Å². The van der Waals surface area contributed by atoms with E-state index in [-0.39, 0.29) is 36.5 Å². The highest BCUT2D eigenvalue weighted by molar-refractivity contribution is 6.01. The summed E-state index contributed by atoms with van der Waals surface area (Å²) in [6, 6.07) is 9.46. The number of aromatic hydroxyl groups is 1. The molecule has 0 unspecified atom stereocenters. The zero-order chi connectivity index (χ0) is 21.7. The Kier molecular flexibility index (Phi) is 6.39. The van der Waals surface area contributed by atoms with Crippen molar-refractivity contribution in [1.29, 1.82) is 5.26 Å². The normalized spacial score (nSPS) is 10.7. The Morgan fingerprint density at radius 2 is 2.07 bits per heavy atom. The average Bonchev–Trinajstić information content (AvgIpc) is 2.73. The van der Waals surface area contributed by atoms with E-state index < -0.39 is 22.8 Å². The highest BCUT2D eigenvalue weighted by Gasteiger charge is 2.23. The summed E-state index contributed by atoms with van der Waals surface area (Å²) in [6.45, 7) is 0.0572. The highest BCUT2D eigenvalue weighted by atomic mass is 19.1. The molecule has 9 heteroatoms. The van der Waals surface area contributed by atoms with Gasteiger partial charge in [-0.1, -0.05) is 12.1 Å². The second-order valence-corrected chi connectivity index (χ2v) is 6.54. The molecular formula is C21H19FN4O4. The van der Waals surface area contributed by atoms with Gasteiger partial charge >= 0.3 is 0 Å². The van der Waals surface area contributed by atoms with Crippen molar-refractivity contribution in [3.8, 4) is 11.8 Å². The predicted octanol–water partition coefficient (Wildman–Crippen LogP) is 1.73. The van der Waals surface area contributed by atoms with E-state index in [4.69, 9.17) is 10.00 Å². The van der Waals surface area contributed by atoms with E-state index in [2.05, 4.69) is 10.3 Å². The van der Waals surface area contributed by atoms with Crippen molar-refractivity contribution in [2.24, 2.45) is 0 Å². The fraction of sp³-hybridized carbons (Fsp3) is 0.238. The lowest BCUT2D eigenvalue weighted by Crippen LogP contribution is -2.35. The molecule has 154 valence electrons. The number of amides is 1. The van der Waals surface area contributed by atoms with Crippen LogP contribution in [0.5, 0.6) is 5.75 Å².